The van der Waals surface area contributed by atoms with Gasteiger partial charge in [-0.15, -0.1) is 0 Å². The van der Waals surface area contributed by atoms with E-state index in [4.69, 9.17) is 5.73 Å². The number of nitrogens with two attached hydrogens (primary N) is 1. The van der Waals surface area contributed by atoms with Crippen LogP contribution in [0.2, 0.25) is 0 Å². The van der Waals surface area contributed by atoms with Crippen molar-refractivity contribution in [2.45, 2.75) is 25.9 Å². The summed E-state index contributed by atoms with van der Waals surface area (Å²) in [7, 11) is -2.88. The first-order valence-electron chi connectivity index (χ1n) is 4.83. The van der Waals surface area contributed by atoms with Gasteiger partial charge in [0.05, 0.1) is 17.8 Å². The molecule has 0 bridgehead atoms. The van der Waals surface area contributed by atoms with E-state index in [9.17, 15) is 8.42 Å². The molecule has 5 nitrogen and oxygen atoms in total. The maximum atomic E-state index is 10.9. The minimum absolute atomic E-state index is 0.0780. The van der Waals surface area contributed by atoms with E-state index >= 15 is 0 Å². The second-order valence-electron chi connectivity index (χ2n) is 3.78. The zero-order chi connectivity index (χ0) is 11.5. The summed E-state index contributed by atoms with van der Waals surface area (Å²) in [5.74, 6) is 0.198. The SMILES string of the molecule is CC(N)c1cncn1CCCS(C)(=O)=O. The molecule has 1 rings (SSSR count). The van der Waals surface area contributed by atoms with Crippen LogP contribution >= 0.6 is 0 Å². The van der Waals surface area contributed by atoms with Gasteiger partial charge in [0, 0.05) is 25.0 Å². The molecule has 0 aromatic carbocycles. The van der Waals surface area contributed by atoms with E-state index in [0.717, 1.165) is 5.69 Å². The molecule has 0 fully saturated rings. The first kappa shape index (κ1) is 12.2. The highest BCUT2D eigenvalue weighted by molar-refractivity contribution is 7.90. The molecule has 6 heteroatoms. The Hall–Kier alpha value is -0.880. The lowest BCUT2D eigenvalue weighted by Gasteiger charge is -2.09. The molecule has 1 atom stereocenters. The van der Waals surface area contributed by atoms with Crippen LogP contribution in [0.25, 0.3) is 0 Å². The lowest BCUT2D eigenvalue weighted by Crippen LogP contribution is -2.13. The van der Waals surface area contributed by atoms with Crippen LogP contribution in [0, 0.1) is 0 Å². The Balaban J connectivity index is 2.54. The van der Waals surface area contributed by atoms with Crippen molar-refractivity contribution >= 4 is 9.84 Å². The number of hydrogen-bond donors (Lipinski definition) is 1. The first-order valence-corrected chi connectivity index (χ1v) is 6.89. The van der Waals surface area contributed by atoms with Crippen LogP contribution in [0.5, 0.6) is 0 Å². The summed E-state index contributed by atoms with van der Waals surface area (Å²) in [5.41, 5.74) is 6.67. The number of aromatic nitrogens is 2. The fourth-order valence-electron chi connectivity index (χ4n) is 1.39. The zero-order valence-electron chi connectivity index (χ0n) is 9.05. The topological polar surface area (TPSA) is 78.0 Å². The maximum Gasteiger partial charge on any atom is 0.147 e. The quantitative estimate of drug-likeness (QED) is 0.792. The van der Waals surface area contributed by atoms with Gasteiger partial charge in [-0.3, -0.25) is 0 Å². The Labute approximate surface area is 90.2 Å². The molecule has 0 aliphatic rings. The molecule has 1 unspecified atom stereocenters. The van der Waals surface area contributed by atoms with Crippen LogP contribution in [0.15, 0.2) is 12.5 Å². The minimum Gasteiger partial charge on any atom is -0.333 e. The molecule has 15 heavy (non-hydrogen) atoms. The summed E-state index contributed by atoms with van der Waals surface area (Å²) in [4.78, 5) is 3.99. The Kier molecular flexibility index (Phi) is 3.87. The fourth-order valence-corrected chi connectivity index (χ4v) is 2.05. The number of imidazole rings is 1. The van der Waals surface area contributed by atoms with Crippen LogP contribution in [0.4, 0.5) is 0 Å². The van der Waals surface area contributed by atoms with Crippen molar-refractivity contribution < 1.29 is 8.42 Å². The van der Waals surface area contributed by atoms with Crippen LogP contribution in [-0.2, 0) is 16.4 Å². The molecule has 0 saturated heterocycles. The van der Waals surface area contributed by atoms with Gasteiger partial charge < -0.3 is 10.3 Å². The highest BCUT2D eigenvalue weighted by Crippen LogP contribution is 2.09. The van der Waals surface area contributed by atoms with Crippen molar-refractivity contribution in [3.8, 4) is 0 Å². The largest absolute Gasteiger partial charge is 0.333 e. The average Bonchev–Trinajstić information content (AvgIpc) is 2.49. The lowest BCUT2D eigenvalue weighted by molar-refractivity contribution is 0.583. The summed E-state index contributed by atoms with van der Waals surface area (Å²) >= 11 is 0. The van der Waals surface area contributed by atoms with E-state index < -0.39 is 9.84 Å². The van der Waals surface area contributed by atoms with Gasteiger partial charge in [0.2, 0.25) is 0 Å². The summed E-state index contributed by atoms with van der Waals surface area (Å²) in [6.45, 7) is 2.52. The third kappa shape index (κ3) is 4.01. The van der Waals surface area contributed by atoms with E-state index in [2.05, 4.69) is 4.98 Å². The lowest BCUT2D eigenvalue weighted by atomic mass is 10.2. The third-order valence-electron chi connectivity index (χ3n) is 2.13. The smallest absolute Gasteiger partial charge is 0.147 e. The molecule has 0 aliphatic heterocycles. The van der Waals surface area contributed by atoms with Crippen LogP contribution in [0.1, 0.15) is 25.1 Å². The number of sulfone groups is 1. The summed E-state index contributed by atoms with van der Waals surface area (Å²) in [6, 6.07) is -0.0780. The molecular formula is C9H17N3O2S. The maximum absolute atomic E-state index is 10.9. The van der Waals surface area contributed by atoms with Gasteiger partial charge in [0.25, 0.3) is 0 Å². The van der Waals surface area contributed by atoms with Crippen molar-refractivity contribution in [1.29, 1.82) is 0 Å². The predicted molar refractivity (Wildman–Crippen MR) is 59.2 cm³/mol. The summed E-state index contributed by atoms with van der Waals surface area (Å²) < 4.78 is 23.8. The van der Waals surface area contributed by atoms with Gasteiger partial charge in [-0.25, -0.2) is 13.4 Å². The number of aryl methyl sites for hydroxylation is 1. The van der Waals surface area contributed by atoms with Gasteiger partial charge >= 0.3 is 0 Å². The second kappa shape index (κ2) is 4.76. The van der Waals surface area contributed by atoms with Gasteiger partial charge in [-0.2, -0.15) is 0 Å². The third-order valence-corrected chi connectivity index (χ3v) is 3.16. The van der Waals surface area contributed by atoms with Crippen molar-refractivity contribution in [2.75, 3.05) is 12.0 Å². The van der Waals surface area contributed by atoms with E-state index in [1.807, 2.05) is 11.5 Å². The molecule has 0 spiro atoms. The Morgan fingerprint density at radius 1 is 1.60 bits per heavy atom. The van der Waals surface area contributed by atoms with Crippen LogP contribution in [0.3, 0.4) is 0 Å². The van der Waals surface area contributed by atoms with Crippen molar-refractivity contribution in [3.05, 3.63) is 18.2 Å². The Bertz CT molecular complexity index is 409. The fraction of sp³-hybridized carbons (Fsp3) is 0.667. The zero-order valence-corrected chi connectivity index (χ0v) is 9.87. The summed E-state index contributed by atoms with van der Waals surface area (Å²) in [5, 5.41) is 0. The van der Waals surface area contributed by atoms with Crippen molar-refractivity contribution in [1.82, 2.24) is 9.55 Å². The van der Waals surface area contributed by atoms with Gasteiger partial charge in [-0.1, -0.05) is 0 Å². The van der Waals surface area contributed by atoms with Gasteiger partial charge in [0.1, 0.15) is 9.84 Å². The average molecular weight is 231 g/mol. The minimum atomic E-state index is -2.88. The predicted octanol–water partition coefficient (Wildman–Crippen LogP) is 0.338. The van der Waals surface area contributed by atoms with Gasteiger partial charge in [0.15, 0.2) is 0 Å². The number of hydrogen-bond acceptors (Lipinski definition) is 4. The van der Waals surface area contributed by atoms with Crippen LogP contribution in [-0.4, -0.2) is 30.0 Å². The molecule has 2 N–H and O–H groups in total. The molecule has 0 amide bonds. The van der Waals surface area contributed by atoms with Crippen LogP contribution < -0.4 is 5.73 Å². The highest BCUT2D eigenvalue weighted by atomic mass is 32.2. The molecule has 1 aromatic heterocycles. The molecule has 0 radical (unpaired) electrons. The molecule has 0 saturated carbocycles. The molecule has 1 heterocycles. The standard InChI is InChI=1S/C9H17N3O2S/c1-8(10)9-6-11-7-12(9)4-3-5-15(2,13)14/h6-8H,3-5,10H2,1-2H3. The van der Waals surface area contributed by atoms with Crippen molar-refractivity contribution in [2.24, 2.45) is 5.73 Å². The Morgan fingerprint density at radius 2 is 2.27 bits per heavy atom. The van der Waals surface area contributed by atoms with E-state index in [-0.39, 0.29) is 11.8 Å². The van der Waals surface area contributed by atoms with E-state index in [0.29, 0.717) is 13.0 Å². The van der Waals surface area contributed by atoms with Crippen molar-refractivity contribution in [3.63, 3.8) is 0 Å². The molecule has 1 aromatic rings. The molecule has 86 valence electrons. The van der Waals surface area contributed by atoms with E-state index in [1.165, 1.54) is 6.26 Å². The molecular weight excluding hydrogens is 214 g/mol. The monoisotopic (exact) mass is 231 g/mol. The normalized spacial score (nSPS) is 14.1. The number of nitrogens with zero attached hydrogens (tertiary/aromatic N) is 2. The number of rotatable bonds is 5. The summed E-state index contributed by atoms with van der Waals surface area (Å²) in [6.07, 6.45) is 5.23. The Morgan fingerprint density at radius 3 is 2.80 bits per heavy atom. The second-order valence-corrected chi connectivity index (χ2v) is 6.04. The molecule has 0 aliphatic carbocycles. The highest BCUT2D eigenvalue weighted by Gasteiger charge is 2.07. The van der Waals surface area contributed by atoms with Gasteiger partial charge in [-0.05, 0) is 13.3 Å². The first-order chi connectivity index (χ1) is 6.90. The van der Waals surface area contributed by atoms with E-state index in [1.54, 1.807) is 12.5 Å².